The Labute approximate surface area is 134 Å². The molecule has 0 amide bonds. The summed E-state index contributed by atoms with van der Waals surface area (Å²) in [4.78, 5) is 14.9. The summed E-state index contributed by atoms with van der Waals surface area (Å²) in [5.41, 5.74) is 2.79. The van der Waals surface area contributed by atoms with Crippen molar-refractivity contribution in [3.8, 4) is 11.4 Å². The van der Waals surface area contributed by atoms with Crippen LogP contribution in [0, 0.1) is 0 Å². The van der Waals surface area contributed by atoms with Gasteiger partial charge in [0.1, 0.15) is 0 Å². The number of H-pyrrole nitrogens is 1. The van der Waals surface area contributed by atoms with E-state index in [4.69, 9.17) is 4.74 Å². The monoisotopic (exact) mass is 309 g/mol. The van der Waals surface area contributed by atoms with Gasteiger partial charge in [-0.1, -0.05) is 54.6 Å². The zero-order valence-corrected chi connectivity index (χ0v) is 13.2. The molecule has 0 aliphatic rings. The Morgan fingerprint density at radius 2 is 1.83 bits per heavy atom. The van der Waals surface area contributed by atoms with E-state index in [0.29, 0.717) is 12.4 Å². The van der Waals surface area contributed by atoms with Crippen LogP contribution in [0.3, 0.4) is 0 Å². The third kappa shape index (κ3) is 3.40. The molecule has 0 aliphatic heterocycles. The second kappa shape index (κ2) is 6.62. The average Bonchev–Trinajstić information content (AvgIpc) is 2.96. The molecule has 118 valence electrons. The fourth-order valence-corrected chi connectivity index (χ4v) is 2.40. The highest BCUT2D eigenvalue weighted by molar-refractivity contribution is 5.54. The molecule has 0 saturated heterocycles. The highest BCUT2D eigenvalue weighted by Crippen LogP contribution is 2.20. The van der Waals surface area contributed by atoms with Gasteiger partial charge in [-0.15, -0.1) is 5.10 Å². The summed E-state index contributed by atoms with van der Waals surface area (Å²) < 4.78 is 6.73. The number of ether oxygens (including phenoxy) is 1. The van der Waals surface area contributed by atoms with Crippen LogP contribution in [-0.2, 0) is 11.3 Å². The van der Waals surface area contributed by atoms with E-state index in [1.54, 1.807) is 7.11 Å². The number of hydrogen-bond donors (Lipinski definition) is 1. The summed E-state index contributed by atoms with van der Waals surface area (Å²) in [6, 6.07) is 17.6. The van der Waals surface area contributed by atoms with Crippen molar-refractivity contribution >= 4 is 0 Å². The smallest absolute Gasteiger partial charge is 0.343 e. The van der Waals surface area contributed by atoms with Crippen molar-refractivity contribution in [2.24, 2.45) is 0 Å². The normalized spacial score (nSPS) is 12.3. The number of nitrogens with one attached hydrogen (secondary N) is 1. The van der Waals surface area contributed by atoms with Gasteiger partial charge >= 0.3 is 5.69 Å². The van der Waals surface area contributed by atoms with Gasteiger partial charge in [0.15, 0.2) is 5.82 Å². The molecule has 23 heavy (non-hydrogen) atoms. The van der Waals surface area contributed by atoms with Gasteiger partial charge in [0.05, 0.1) is 12.6 Å². The lowest BCUT2D eigenvalue weighted by atomic mass is 10.1. The maximum absolute atomic E-state index is 12.1. The van der Waals surface area contributed by atoms with Crippen LogP contribution in [0.4, 0.5) is 0 Å². The zero-order chi connectivity index (χ0) is 16.2. The number of hydrogen-bond acceptors (Lipinski definition) is 3. The lowest BCUT2D eigenvalue weighted by Gasteiger charge is -2.09. The fraction of sp³-hybridized carbons (Fsp3) is 0.222. The lowest BCUT2D eigenvalue weighted by Crippen LogP contribution is -2.18. The van der Waals surface area contributed by atoms with Gasteiger partial charge in [-0.2, -0.15) is 0 Å². The molecule has 5 heteroatoms. The molecular weight excluding hydrogens is 290 g/mol. The Morgan fingerprint density at radius 1 is 1.13 bits per heavy atom. The highest BCUT2D eigenvalue weighted by atomic mass is 16.5. The van der Waals surface area contributed by atoms with E-state index in [-0.39, 0.29) is 11.8 Å². The summed E-state index contributed by atoms with van der Waals surface area (Å²) >= 11 is 0. The Hall–Kier alpha value is -2.66. The Balaban J connectivity index is 1.84. The first-order valence-electron chi connectivity index (χ1n) is 7.51. The molecule has 3 rings (SSSR count). The Bertz CT molecular complexity index is 819. The van der Waals surface area contributed by atoms with Gasteiger partial charge in [-0.25, -0.2) is 9.48 Å². The van der Waals surface area contributed by atoms with Crippen molar-refractivity contribution in [2.75, 3.05) is 7.11 Å². The molecule has 0 spiro atoms. The molecule has 1 N–H and O–H groups in total. The van der Waals surface area contributed by atoms with Crippen LogP contribution in [0.25, 0.3) is 11.4 Å². The quantitative estimate of drug-likeness (QED) is 0.788. The van der Waals surface area contributed by atoms with Gasteiger partial charge < -0.3 is 4.74 Å². The first kappa shape index (κ1) is 15.2. The Morgan fingerprint density at radius 3 is 2.48 bits per heavy atom. The topological polar surface area (TPSA) is 59.9 Å². The van der Waals surface area contributed by atoms with E-state index in [1.165, 1.54) is 4.68 Å². The average molecular weight is 309 g/mol. The van der Waals surface area contributed by atoms with Crippen molar-refractivity contribution in [1.29, 1.82) is 0 Å². The third-order valence-electron chi connectivity index (χ3n) is 3.86. The molecule has 3 aromatic rings. The van der Waals surface area contributed by atoms with Gasteiger partial charge in [0, 0.05) is 12.7 Å². The zero-order valence-electron chi connectivity index (χ0n) is 13.2. The number of rotatable bonds is 5. The number of aromatic nitrogens is 3. The van der Waals surface area contributed by atoms with Crippen LogP contribution in [0.1, 0.15) is 24.2 Å². The first-order chi connectivity index (χ1) is 11.2. The van der Waals surface area contributed by atoms with Gasteiger partial charge in [0.25, 0.3) is 0 Å². The molecule has 1 heterocycles. The molecule has 2 aromatic carbocycles. The first-order valence-corrected chi connectivity index (χ1v) is 7.51. The summed E-state index contributed by atoms with van der Waals surface area (Å²) in [5, 5.41) is 4.39. The van der Waals surface area contributed by atoms with E-state index >= 15 is 0 Å². The molecule has 1 aromatic heterocycles. The van der Waals surface area contributed by atoms with Crippen LogP contribution in [-0.4, -0.2) is 21.9 Å². The molecule has 5 nitrogen and oxygen atoms in total. The van der Waals surface area contributed by atoms with E-state index in [2.05, 4.69) is 10.1 Å². The van der Waals surface area contributed by atoms with Crippen molar-refractivity contribution in [1.82, 2.24) is 14.8 Å². The van der Waals surface area contributed by atoms with Crippen molar-refractivity contribution in [3.63, 3.8) is 0 Å². The van der Waals surface area contributed by atoms with Crippen molar-refractivity contribution in [2.45, 2.75) is 19.6 Å². The molecule has 0 radical (unpaired) electrons. The predicted octanol–water partition coefficient (Wildman–Crippen LogP) is 2.99. The van der Waals surface area contributed by atoms with E-state index in [9.17, 15) is 4.79 Å². The number of benzene rings is 2. The lowest BCUT2D eigenvalue weighted by molar-refractivity contribution is 0.119. The second-order valence-electron chi connectivity index (χ2n) is 5.42. The maximum atomic E-state index is 12.1. The van der Waals surface area contributed by atoms with Crippen LogP contribution in [0.5, 0.6) is 0 Å². The molecule has 0 aliphatic carbocycles. The van der Waals surface area contributed by atoms with Gasteiger partial charge in [-0.05, 0) is 18.1 Å². The van der Waals surface area contributed by atoms with Gasteiger partial charge in [0.2, 0.25) is 0 Å². The predicted molar refractivity (Wildman–Crippen MR) is 89.3 cm³/mol. The second-order valence-corrected chi connectivity index (χ2v) is 5.42. The minimum atomic E-state index is -0.210. The standard InChI is InChI=1S/C18H19N3O2/c1-13(23-2)15-8-10-16(11-9-15)17-19-18(22)21(20-17)12-14-6-4-3-5-7-14/h3-11,13H,12H2,1-2H3,(H,19,20,22)/t13-/m0/s1. The van der Waals surface area contributed by atoms with Crippen LogP contribution in [0.2, 0.25) is 0 Å². The number of aromatic amines is 1. The molecule has 0 saturated carbocycles. The minimum Gasteiger partial charge on any atom is -0.377 e. The molecule has 0 fully saturated rings. The molecule has 0 unspecified atom stereocenters. The van der Waals surface area contributed by atoms with Crippen LogP contribution in [0.15, 0.2) is 59.4 Å². The highest BCUT2D eigenvalue weighted by Gasteiger charge is 2.09. The van der Waals surface area contributed by atoms with E-state index < -0.39 is 0 Å². The summed E-state index contributed by atoms with van der Waals surface area (Å²) in [6.07, 6.45) is 0.0405. The summed E-state index contributed by atoms with van der Waals surface area (Å²) in [6.45, 7) is 2.44. The van der Waals surface area contributed by atoms with Crippen molar-refractivity contribution in [3.05, 3.63) is 76.2 Å². The summed E-state index contributed by atoms with van der Waals surface area (Å²) in [7, 11) is 1.68. The largest absolute Gasteiger partial charge is 0.377 e. The van der Waals surface area contributed by atoms with E-state index in [1.807, 2.05) is 61.5 Å². The molecule has 0 bridgehead atoms. The SMILES string of the molecule is CO[C@@H](C)c1ccc(-c2nn(Cc3ccccc3)c(=O)[nH]2)cc1. The fourth-order valence-electron chi connectivity index (χ4n) is 2.40. The number of methoxy groups -OCH3 is 1. The molecular formula is C18H19N3O2. The summed E-state index contributed by atoms with van der Waals surface area (Å²) in [5.74, 6) is 0.572. The van der Waals surface area contributed by atoms with Crippen LogP contribution < -0.4 is 5.69 Å². The van der Waals surface area contributed by atoms with E-state index in [0.717, 1.165) is 16.7 Å². The number of nitrogens with zero attached hydrogens (tertiary/aromatic N) is 2. The maximum Gasteiger partial charge on any atom is 0.343 e. The van der Waals surface area contributed by atoms with Crippen molar-refractivity contribution < 1.29 is 4.74 Å². The van der Waals surface area contributed by atoms with Crippen LogP contribution >= 0.6 is 0 Å². The molecule has 1 atom stereocenters. The minimum absolute atomic E-state index is 0.0405. The third-order valence-corrected chi connectivity index (χ3v) is 3.86. The van der Waals surface area contributed by atoms with Gasteiger partial charge in [-0.3, -0.25) is 4.98 Å². The Kier molecular flexibility index (Phi) is 4.39.